The number of hydrogen-bond donors (Lipinski definition) is 2. The lowest BCUT2D eigenvalue weighted by molar-refractivity contribution is -0.116. The number of anilines is 1. The van der Waals surface area contributed by atoms with Gasteiger partial charge >= 0.3 is 0 Å². The Morgan fingerprint density at radius 2 is 1.81 bits per heavy atom. The van der Waals surface area contributed by atoms with Gasteiger partial charge in [0.15, 0.2) is 0 Å². The first-order chi connectivity index (χ1) is 13.2. The van der Waals surface area contributed by atoms with Gasteiger partial charge in [-0.25, -0.2) is 4.98 Å². The van der Waals surface area contributed by atoms with Gasteiger partial charge in [-0.15, -0.1) is 0 Å². The minimum atomic E-state index is -0.130. The fraction of sp³-hybridized carbons (Fsp3) is 0.0909. The fourth-order valence-electron chi connectivity index (χ4n) is 3.30. The van der Waals surface area contributed by atoms with Gasteiger partial charge in [0.25, 0.3) is 0 Å². The van der Waals surface area contributed by atoms with Crippen molar-refractivity contribution < 1.29 is 4.79 Å². The average Bonchev–Trinajstić information content (AvgIpc) is 3.12. The predicted octanol–water partition coefficient (Wildman–Crippen LogP) is 5.38. The topological polar surface area (TPSA) is 57.8 Å². The molecule has 4 nitrogen and oxygen atoms in total. The lowest BCUT2D eigenvalue weighted by Crippen LogP contribution is -2.16. The number of nitrogens with one attached hydrogen (secondary N) is 2. The van der Waals surface area contributed by atoms with Crippen LogP contribution in [0.2, 0.25) is 5.15 Å². The maximum Gasteiger partial charge on any atom is 0.225 e. The first-order valence-corrected chi connectivity index (χ1v) is 9.11. The van der Waals surface area contributed by atoms with Gasteiger partial charge in [0.05, 0.1) is 0 Å². The minimum absolute atomic E-state index is 0.0496. The summed E-state index contributed by atoms with van der Waals surface area (Å²) in [5.74, 6) is -0.180. The van der Waals surface area contributed by atoms with E-state index in [4.69, 9.17) is 11.6 Å². The van der Waals surface area contributed by atoms with Crippen molar-refractivity contribution in [1.82, 2.24) is 9.97 Å². The summed E-state index contributed by atoms with van der Waals surface area (Å²) < 4.78 is 0. The number of carbonyl (C=O) groups is 1. The smallest absolute Gasteiger partial charge is 0.225 e. The Hall–Kier alpha value is -3.11. The monoisotopic (exact) mass is 375 g/mol. The normalized spacial score (nSPS) is 12.0. The third kappa shape index (κ3) is 3.86. The van der Waals surface area contributed by atoms with Crippen LogP contribution in [0, 0.1) is 0 Å². The van der Waals surface area contributed by atoms with E-state index < -0.39 is 0 Å². The number of rotatable bonds is 5. The number of benzene rings is 2. The number of para-hydroxylation sites is 2. The van der Waals surface area contributed by atoms with E-state index in [-0.39, 0.29) is 11.8 Å². The van der Waals surface area contributed by atoms with Crippen molar-refractivity contribution in [2.45, 2.75) is 12.3 Å². The molecule has 1 amide bonds. The van der Waals surface area contributed by atoms with Crippen molar-refractivity contribution in [3.05, 3.63) is 95.4 Å². The van der Waals surface area contributed by atoms with Crippen LogP contribution in [-0.4, -0.2) is 15.9 Å². The molecule has 4 rings (SSSR count). The van der Waals surface area contributed by atoms with E-state index in [0.29, 0.717) is 11.6 Å². The maximum absolute atomic E-state index is 12.7. The highest BCUT2D eigenvalue weighted by Gasteiger charge is 2.22. The summed E-state index contributed by atoms with van der Waals surface area (Å²) in [6, 6.07) is 21.2. The molecule has 5 heteroatoms. The van der Waals surface area contributed by atoms with Crippen LogP contribution >= 0.6 is 11.6 Å². The zero-order chi connectivity index (χ0) is 18.6. The summed E-state index contributed by atoms with van der Waals surface area (Å²) in [5, 5.41) is 4.51. The highest BCUT2D eigenvalue weighted by Crippen LogP contribution is 2.33. The molecule has 0 aliphatic carbocycles. The molecule has 2 N–H and O–H groups in total. The Morgan fingerprint density at radius 1 is 1.04 bits per heavy atom. The van der Waals surface area contributed by atoms with E-state index in [0.717, 1.165) is 27.7 Å². The second-order valence-corrected chi connectivity index (χ2v) is 6.76. The molecule has 27 heavy (non-hydrogen) atoms. The molecule has 0 bridgehead atoms. The molecule has 0 aliphatic heterocycles. The van der Waals surface area contributed by atoms with E-state index in [1.54, 1.807) is 12.3 Å². The Morgan fingerprint density at radius 3 is 2.59 bits per heavy atom. The first-order valence-electron chi connectivity index (χ1n) is 8.73. The molecule has 0 fully saturated rings. The number of amides is 1. The number of nitrogens with zero attached hydrogens (tertiary/aromatic N) is 1. The molecule has 1 atom stereocenters. The number of H-pyrrole nitrogens is 1. The van der Waals surface area contributed by atoms with Crippen LogP contribution in [0.3, 0.4) is 0 Å². The van der Waals surface area contributed by atoms with Crippen molar-refractivity contribution >= 4 is 34.1 Å². The highest BCUT2D eigenvalue weighted by molar-refractivity contribution is 6.29. The lowest BCUT2D eigenvalue weighted by Gasteiger charge is -2.17. The Labute approximate surface area is 162 Å². The molecule has 2 aromatic carbocycles. The van der Waals surface area contributed by atoms with Gasteiger partial charge in [-0.05, 0) is 35.4 Å². The van der Waals surface area contributed by atoms with Gasteiger partial charge in [0.1, 0.15) is 5.15 Å². The van der Waals surface area contributed by atoms with E-state index in [9.17, 15) is 4.79 Å². The van der Waals surface area contributed by atoms with E-state index >= 15 is 0 Å². The second-order valence-electron chi connectivity index (χ2n) is 6.37. The number of hydrogen-bond acceptors (Lipinski definition) is 2. The number of aromatic nitrogens is 2. The zero-order valence-electron chi connectivity index (χ0n) is 14.5. The molecule has 134 valence electrons. The molecule has 0 radical (unpaired) electrons. The van der Waals surface area contributed by atoms with Crippen LogP contribution in [0.4, 0.5) is 5.69 Å². The molecule has 0 aliphatic rings. The van der Waals surface area contributed by atoms with Gasteiger partial charge in [-0.1, -0.05) is 54.1 Å². The van der Waals surface area contributed by atoms with Crippen LogP contribution in [0.1, 0.15) is 23.5 Å². The van der Waals surface area contributed by atoms with E-state index in [2.05, 4.69) is 21.4 Å². The lowest BCUT2D eigenvalue weighted by atomic mass is 9.89. The molecule has 2 aromatic heterocycles. The van der Waals surface area contributed by atoms with Crippen LogP contribution in [0.25, 0.3) is 10.9 Å². The average molecular weight is 376 g/mol. The molecular formula is C22H18ClN3O. The van der Waals surface area contributed by atoms with Crippen molar-refractivity contribution in [3.8, 4) is 0 Å². The minimum Gasteiger partial charge on any atom is -0.361 e. The Bertz CT molecular complexity index is 1060. The first kappa shape index (κ1) is 17.3. The van der Waals surface area contributed by atoms with Gasteiger partial charge in [-0.3, -0.25) is 4.79 Å². The van der Waals surface area contributed by atoms with Crippen molar-refractivity contribution in [1.29, 1.82) is 0 Å². The van der Waals surface area contributed by atoms with Crippen LogP contribution in [0.15, 0.2) is 79.1 Å². The number of carbonyl (C=O) groups excluding carboxylic acids is 1. The molecule has 4 aromatic rings. The molecular weight excluding hydrogens is 358 g/mol. The predicted molar refractivity (Wildman–Crippen MR) is 109 cm³/mol. The Kier molecular flexibility index (Phi) is 4.90. The molecule has 0 saturated heterocycles. The third-order valence-electron chi connectivity index (χ3n) is 4.60. The van der Waals surface area contributed by atoms with Crippen molar-refractivity contribution in [2.75, 3.05) is 5.32 Å². The standard InChI is InChI=1S/C22H18ClN3O/c23-21-11-10-15(13-25-21)18(12-22(27)26-16-6-2-1-3-7-16)19-14-24-20-9-5-4-8-17(19)20/h1-11,13-14,18,24H,12H2,(H,26,27)/t18-/m0/s1. The molecule has 0 saturated carbocycles. The number of aromatic amines is 1. The summed E-state index contributed by atoms with van der Waals surface area (Å²) in [7, 11) is 0. The maximum atomic E-state index is 12.7. The third-order valence-corrected chi connectivity index (χ3v) is 4.82. The van der Waals surface area contributed by atoms with E-state index in [1.165, 1.54) is 0 Å². The molecule has 0 unspecified atom stereocenters. The summed E-state index contributed by atoms with van der Waals surface area (Å²) in [4.78, 5) is 20.2. The van der Waals surface area contributed by atoms with Crippen LogP contribution < -0.4 is 5.32 Å². The Balaban J connectivity index is 1.68. The van der Waals surface area contributed by atoms with Crippen molar-refractivity contribution in [3.63, 3.8) is 0 Å². The highest BCUT2D eigenvalue weighted by atomic mass is 35.5. The van der Waals surface area contributed by atoms with Gasteiger partial charge < -0.3 is 10.3 Å². The number of fused-ring (bicyclic) bond motifs is 1. The number of pyridine rings is 1. The van der Waals surface area contributed by atoms with Crippen LogP contribution in [-0.2, 0) is 4.79 Å². The summed E-state index contributed by atoms with van der Waals surface area (Å²) in [6.45, 7) is 0. The van der Waals surface area contributed by atoms with E-state index in [1.807, 2.05) is 60.8 Å². The van der Waals surface area contributed by atoms with Crippen molar-refractivity contribution in [2.24, 2.45) is 0 Å². The zero-order valence-corrected chi connectivity index (χ0v) is 15.3. The summed E-state index contributed by atoms with van der Waals surface area (Å²) >= 11 is 5.95. The summed E-state index contributed by atoms with van der Waals surface area (Å²) in [6.07, 6.45) is 4.02. The second kappa shape index (κ2) is 7.64. The van der Waals surface area contributed by atoms with Gasteiger partial charge in [0, 0.05) is 41.3 Å². The van der Waals surface area contributed by atoms with Crippen LogP contribution in [0.5, 0.6) is 0 Å². The molecule has 2 heterocycles. The quantitative estimate of drug-likeness (QED) is 0.460. The molecule has 0 spiro atoms. The van der Waals surface area contributed by atoms with Gasteiger partial charge in [-0.2, -0.15) is 0 Å². The van der Waals surface area contributed by atoms with Gasteiger partial charge in [0.2, 0.25) is 5.91 Å². The SMILES string of the molecule is O=C(C[C@@H](c1ccc(Cl)nc1)c1c[nH]c2ccccc12)Nc1ccccc1. The fourth-order valence-corrected chi connectivity index (χ4v) is 3.41. The largest absolute Gasteiger partial charge is 0.361 e. The summed E-state index contributed by atoms with van der Waals surface area (Å²) in [5.41, 5.74) is 3.85. The number of halogens is 1.